The summed E-state index contributed by atoms with van der Waals surface area (Å²) in [5.41, 5.74) is 5.03. The smallest absolute Gasteiger partial charge is 0.148 e. The number of hydrogen-bond acceptors (Lipinski definition) is 3. The monoisotopic (exact) mass is 345 g/mol. The Bertz CT molecular complexity index is 608. The summed E-state index contributed by atoms with van der Waals surface area (Å²) >= 11 is 3.45. The van der Waals surface area contributed by atoms with Crippen molar-refractivity contribution in [2.24, 2.45) is 0 Å². The number of benzene rings is 2. The molecule has 0 aliphatic rings. The van der Waals surface area contributed by atoms with E-state index in [1.54, 1.807) is 0 Å². The van der Waals surface area contributed by atoms with E-state index in [9.17, 15) is 0 Å². The molecule has 0 radical (unpaired) electrons. The molecule has 0 aromatic heterocycles. The number of hydroxylamine groups is 1. The summed E-state index contributed by atoms with van der Waals surface area (Å²) in [4.78, 5) is 5.46. The highest BCUT2D eigenvalue weighted by Gasteiger charge is 2.04. The lowest BCUT2D eigenvalue weighted by atomic mass is 10.2. The molecule has 0 fully saturated rings. The van der Waals surface area contributed by atoms with E-state index in [1.165, 1.54) is 0 Å². The molecular weight excluding hydrogens is 330 g/mol. The predicted octanol–water partition coefficient (Wildman–Crippen LogP) is 3.68. The molecule has 108 valence electrons. The van der Waals surface area contributed by atoms with E-state index in [2.05, 4.69) is 27.3 Å². The number of terminal acetylenes is 1. The largest absolute Gasteiger partial charge is 0.481 e. The first kappa shape index (κ1) is 15.6. The Labute approximate surface area is 133 Å². The van der Waals surface area contributed by atoms with E-state index in [-0.39, 0.29) is 6.61 Å². The van der Waals surface area contributed by atoms with Gasteiger partial charge in [-0.2, -0.15) is 5.48 Å². The van der Waals surface area contributed by atoms with Gasteiger partial charge in [0.1, 0.15) is 12.4 Å². The second kappa shape index (κ2) is 8.48. The Morgan fingerprint density at radius 1 is 1.14 bits per heavy atom. The van der Waals surface area contributed by atoms with Crippen molar-refractivity contribution in [2.45, 2.75) is 13.2 Å². The highest BCUT2D eigenvalue weighted by Crippen LogP contribution is 2.23. The van der Waals surface area contributed by atoms with Crippen LogP contribution in [0.15, 0.2) is 53.0 Å². The topological polar surface area (TPSA) is 30.5 Å². The van der Waals surface area contributed by atoms with Gasteiger partial charge in [0.2, 0.25) is 0 Å². The highest BCUT2D eigenvalue weighted by atomic mass is 79.9. The fraction of sp³-hybridized carbons (Fsp3) is 0.176. The zero-order chi connectivity index (χ0) is 14.9. The predicted molar refractivity (Wildman–Crippen MR) is 86.5 cm³/mol. The van der Waals surface area contributed by atoms with Gasteiger partial charge in [-0.3, -0.25) is 4.84 Å². The Balaban J connectivity index is 1.87. The maximum atomic E-state index is 5.50. The average Bonchev–Trinajstić information content (AvgIpc) is 2.52. The van der Waals surface area contributed by atoms with Crippen LogP contribution in [0.2, 0.25) is 0 Å². The molecule has 0 spiro atoms. The first-order valence-corrected chi connectivity index (χ1v) is 7.32. The van der Waals surface area contributed by atoms with Gasteiger partial charge in [-0.1, -0.05) is 52.2 Å². The van der Waals surface area contributed by atoms with Gasteiger partial charge in [-0.25, -0.2) is 0 Å². The average molecular weight is 346 g/mol. The van der Waals surface area contributed by atoms with E-state index in [1.807, 2.05) is 48.5 Å². The van der Waals surface area contributed by atoms with Crippen LogP contribution in [0.25, 0.3) is 0 Å². The molecule has 0 saturated carbocycles. The zero-order valence-electron chi connectivity index (χ0n) is 11.5. The molecule has 0 aliphatic heterocycles. The quantitative estimate of drug-likeness (QED) is 0.471. The molecule has 0 amide bonds. The third-order valence-corrected chi connectivity index (χ3v) is 3.27. The van der Waals surface area contributed by atoms with Gasteiger partial charge < -0.3 is 4.74 Å². The van der Waals surface area contributed by atoms with Crippen LogP contribution in [0.3, 0.4) is 0 Å². The Kier molecular flexibility index (Phi) is 6.29. The fourth-order valence-corrected chi connectivity index (χ4v) is 2.19. The SMILES string of the molecule is C#CCOc1ccc(Br)cc1CNOCc1ccccc1. The number of ether oxygens (including phenoxy) is 1. The minimum absolute atomic E-state index is 0.250. The van der Waals surface area contributed by atoms with Crippen LogP contribution >= 0.6 is 15.9 Å². The molecule has 2 aromatic carbocycles. The van der Waals surface area contributed by atoms with Crippen molar-refractivity contribution in [1.82, 2.24) is 5.48 Å². The fourth-order valence-electron chi connectivity index (χ4n) is 1.78. The van der Waals surface area contributed by atoms with Gasteiger partial charge in [0.05, 0.1) is 6.61 Å². The highest BCUT2D eigenvalue weighted by molar-refractivity contribution is 9.10. The second-order valence-corrected chi connectivity index (χ2v) is 5.26. The normalized spacial score (nSPS) is 10.1. The van der Waals surface area contributed by atoms with Gasteiger partial charge in [0, 0.05) is 16.6 Å². The molecule has 3 nitrogen and oxygen atoms in total. The molecule has 0 unspecified atom stereocenters. The lowest BCUT2D eigenvalue weighted by Gasteiger charge is -2.11. The van der Waals surface area contributed by atoms with E-state index in [0.717, 1.165) is 21.3 Å². The molecule has 0 heterocycles. The van der Waals surface area contributed by atoms with Crippen LogP contribution in [0.5, 0.6) is 5.75 Å². The lowest BCUT2D eigenvalue weighted by Crippen LogP contribution is -2.15. The molecule has 1 N–H and O–H groups in total. The summed E-state index contributed by atoms with van der Waals surface area (Å²) in [6, 6.07) is 15.8. The Hall–Kier alpha value is -1.80. The first-order valence-electron chi connectivity index (χ1n) is 6.53. The van der Waals surface area contributed by atoms with Gasteiger partial charge in [-0.15, -0.1) is 6.42 Å². The van der Waals surface area contributed by atoms with Crippen molar-refractivity contribution in [1.29, 1.82) is 0 Å². The van der Waals surface area contributed by atoms with Crippen LogP contribution in [-0.4, -0.2) is 6.61 Å². The lowest BCUT2D eigenvalue weighted by molar-refractivity contribution is 0.0231. The van der Waals surface area contributed by atoms with Crippen LogP contribution in [0, 0.1) is 12.3 Å². The third-order valence-electron chi connectivity index (χ3n) is 2.78. The van der Waals surface area contributed by atoms with Gasteiger partial charge in [-0.05, 0) is 23.8 Å². The molecule has 0 bridgehead atoms. The first-order chi connectivity index (χ1) is 10.3. The summed E-state index contributed by atoms with van der Waals surface area (Å²) in [7, 11) is 0. The summed E-state index contributed by atoms with van der Waals surface area (Å²) in [6.07, 6.45) is 5.22. The molecule has 0 aliphatic carbocycles. The minimum Gasteiger partial charge on any atom is -0.481 e. The third kappa shape index (κ3) is 5.24. The Morgan fingerprint density at radius 2 is 1.95 bits per heavy atom. The van der Waals surface area contributed by atoms with E-state index in [0.29, 0.717) is 13.2 Å². The van der Waals surface area contributed by atoms with E-state index in [4.69, 9.17) is 16.0 Å². The molecule has 2 rings (SSSR count). The number of halogens is 1. The van der Waals surface area contributed by atoms with E-state index < -0.39 is 0 Å². The van der Waals surface area contributed by atoms with Gasteiger partial charge >= 0.3 is 0 Å². The van der Waals surface area contributed by atoms with Crippen molar-refractivity contribution in [2.75, 3.05) is 6.61 Å². The molecule has 0 saturated heterocycles. The Morgan fingerprint density at radius 3 is 2.71 bits per heavy atom. The van der Waals surface area contributed by atoms with Crippen LogP contribution in [-0.2, 0) is 18.0 Å². The summed E-state index contributed by atoms with van der Waals surface area (Å²) in [6.45, 7) is 1.29. The minimum atomic E-state index is 0.250. The molecular formula is C17H16BrNO2. The summed E-state index contributed by atoms with van der Waals surface area (Å²) in [5, 5.41) is 0. The van der Waals surface area contributed by atoms with Crippen molar-refractivity contribution in [3.05, 3.63) is 64.1 Å². The van der Waals surface area contributed by atoms with Crippen molar-refractivity contribution < 1.29 is 9.57 Å². The van der Waals surface area contributed by atoms with E-state index >= 15 is 0 Å². The van der Waals surface area contributed by atoms with Crippen LogP contribution < -0.4 is 10.2 Å². The zero-order valence-corrected chi connectivity index (χ0v) is 13.1. The van der Waals surface area contributed by atoms with Crippen molar-refractivity contribution >= 4 is 15.9 Å². The maximum Gasteiger partial charge on any atom is 0.148 e. The van der Waals surface area contributed by atoms with Gasteiger partial charge in [0.25, 0.3) is 0 Å². The number of nitrogens with one attached hydrogen (secondary N) is 1. The second-order valence-electron chi connectivity index (χ2n) is 4.34. The molecule has 4 heteroatoms. The molecule has 21 heavy (non-hydrogen) atoms. The van der Waals surface area contributed by atoms with Crippen molar-refractivity contribution in [3.8, 4) is 18.1 Å². The van der Waals surface area contributed by atoms with Gasteiger partial charge in [0.15, 0.2) is 0 Å². The van der Waals surface area contributed by atoms with Crippen molar-refractivity contribution in [3.63, 3.8) is 0 Å². The van der Waals surface area contributed by atoms with Crippen LogP contribution in [0.4, 0.5) is 0 Å². The summed E-state index contributed by atoms with van der Waals surface area (Å²) < 4.78 is 6.49. The standard InChI is InChI=1S/C17H16BrNO2/c1-2-10-20-17-9-8-16(18)11-15(17)12-19-21-13-14-6-4-3-5-7-14/h1,3-9,11,19H,10,12-13H2. The number of hydrogen-bond donors (Lipinski definition) is 1. The number of rotatable bonds is 7. The molecule has 0 atom stereocenters. The van der Waals surface area contributed by atoms with Crippen LogP contribution in [0.1, 0.15) is 11.1 Å². The molecule has 2 aromatic rings. The summed E-state index contributed by atoms with van der Waals surface area (Å²) in [5.74, 6) is 3.22. The maximum absolute atomic E-state index is 5.50.